The van der Waals surface area contributed by atoms with Crippen molar-refractivity contribution in [2.75, 3.05) is 0 Å². The molecule has 0 aromatic carbocycles. The van der Waals surface area contributed by atoms with Gasteiger partial charge in [-0.05, 0) is 18.8 Å². The van der Waals surface area contributed by atoms with Crippen LogP contribution in [0.1, 0.15) is 57.8 Å². The summed E-state index contributed by atoms with van der Waals surface area (Å²) in [6.07, 6.45) is 16.7. The van der Waals surface area contributed by atoms with Crippen LogP contribution >= 0.6 is 0 Å². The zero-order valence-corrected chi connectivity index (χ0v) is 9.17. The zero-order chi connectivity index (χ0) is 10.2. The second-order valence-corrected chi connectivity index (χ2v) is 4.60. The maximum atomic E-state index is 6.05. The summed E-state index contributed by atoms with van der Waals surface area (Å²) in [5, 5.41) is 0. The second-order valence-electron chi connectivity index (χ2n) is 4.60. The van der Waals surface area contributed by atoms with E-state index in [0.29, 0.717) is 6.04 Å². The maximum Gasteiger partial charge on any atom is 0.0101 e. The normalized spacial score (nSPS) is 21.1. The summed E-state index contributed by atoms with van der Waals surface area (Å²) in [4.78, 5) is 0. The van der Waals surface area contributed by atoms with Crippen molar-refractivity contribution in [1.29, 1.82) is 0 Å². The Kier molecular flexibility index (Phi) is 5.71. The van der Waals surface area contributed by atoms with Crippen molar-refractivity contribution in [2.45, 2.75) is 63.8 Å². The summed E-state index contributed by atoms with van der Waals surface area (Å²) in [5.74, 6) is 3.55. The van der Waals surface area contributed by atoms with Gasteiger partial charge in [0.05, 0.1) is 0 Å². The molecule has 1 aliphatic carbocycles. The van der Waals surface area contributed by atoms with Gasteiger partial charge < -0.3 is 5.73 Å². The van der Waals surface area contributed by atoms with Crippen LogP contribution in [0.25, 0.3) is 0 Å². The van der Waals surface area contributed by atoms with Crippen LogP contribution in [0.5, 0.6) is 0 Å². The SMILES string of the molecule is C#CCCC(N)CC1CCCCCC1. The largest absolute Gasteiger partial charge is 0.328 e. The Hall–Kier alpha value is -0.480. The van der Waals surface area contributed by atoms with Crippen molar-refractivity contribution >= 4 is 0 Å². The molecule has 0 spiro atoms. The fraction of sp³-hybridized carbons (Fsp3) is 0.846. The molecule has 1 nitrogen and oxygen atoms in total. The van der Waals surface area contributed by atoms with Gasteiger partial charge in [-0.1, -0.05) is 38.5 Å². The molecule has 0 aromatic rings. The highest BCUT2D eigenvalue weighted by Crippen LogP contribution is 2.26. The van der Waals surface area contributed by atoms with Crippen LogP contribution in [0.3, 0.4) is 0 Å². The Morgan fingerprint density at radius 3 is 2.43 bits per heavy atom. The van der Waals surface area contributed by atoms with Crippen LogP contribution in [0.2, 0.25) is 0 Å². The first-order chi connectivity index (χ1) is 6.83. The number of nitrogens with two attached hydrogens (primary N) is 1. The summed E-state index contributed by atoms with van der Waals surface area (Å²) in [6.45, 7) is 0. The molecule has 0 bridgehead atoms. The first-order valence-corrected chi connectivity index (χ1v) is 6.02. The number of hydrogen-bond acceptors (Lipinski definition) is 1. The first-order valence-electron chi connectivity index (χ1n) is 6.02. The van der Waals surface area contributed by atoms with E-state index in [4.69, 9.17) is 12.2 Å². The number of hydrogen-bond donors (Lipinski definition) is 1. The Morgan fingerprint density at radius 1 is 1.21 bits per heavy atom. The molecule has 14 heavy (non-hydrogen) atoms. The molecule has 1 rings (SSSR count). The monoisotopic (exact) mass is 193 g/mol. The van der Waals surface area contributed by atoms with Crippen molar-refractivity contribution in [3.8, 4) is 12.3 Å². The lowest BCUT2D eigenvalue weighted by Crippen LogP contribution is -2.23. The van der Waals surface area contributed by atoms with Crippen LogP contribution in [0, 0.1) is 18.3 Å². The third-order valence-corrected chi connectivity index (χ3v) is 3.27. The topological polar surface area (TPSA) is 26.0 Å². The van der Waals surface area contributed by atoms with Gasteiger partial charge in [-0.3, -0.25) is 0 Å². The minimum atomic E-state index is 0.342. The Bertz CT molecular complexity index is 172. The van der Waals surface area contributed by atoms with Crippen molar-refractivity contribution in [2.24, 2.45) is 11.7 Å². The van der Waals surface area contributed by atoms with E-state index >= 15 is 0 Å². The molecule has 1 heteroatoms. The molecule has 0 radical (unpaired) electrons. The highest BCUT2D eigenvalue weighted by Gasteiger charge is 2.15. The standard InChI is InChI=1S/C13H23N/c1-2-3-10-13(14)11-12-8-6-4-5-7-9-12/h1,12-13H,3-11,14H2. The predicted octanol–water partition coefficient (Wildman–Crippen LogP) is 3.09. The van der Waals surface area contributed by atoms with E-state index in [1.807, 2.05) is 0 Å². The third kappa shape index (κ3) is 4.67. The minimum Gasteiger partial charge on any atom is -0.328 e. The highest BCUT2D eigenvalue weighted by atomic mass is 14.6. The van der Waals surface area contributed by atoms with E-state index in [1.54, 1.807) is 0 Å². The molecule has 1 aliphatic rings. The lowest BCUT2D eigenvalue weighted by molar-refractivity contribution is 0.380. The Labute approximate surface area is 88.5 Å². The lowest BCUT2D eigenvalue weighted by atomic mass is 9.91. The Balaban J connectivity index is 2.17. The van der Waals surface area contributed by atoms with Crippen molar-refractivity contribution in [1.82, 2.24) is 0 Å². The van der Waals surface area contributed by atoms with Gasteiger partial charge in [0, 0.05) is 12.5 Å². The summed E-state index contributed by atoms with van der Waals surface area (Å²) < 4.78 is 0. The van der Waals surface area contributed by atoms with E-state index in [2.05, 4.69) is 5.92 Å². The van der Waals surface area contributed by atoms with Gasteiger partial charge in [0.25, 0.3) is 0 Å². The maximum absolute atomic E-state index is 6.05. The summed E-state index contributed by atoms with van der Waals surface area (Å²) >= 11 is 0. The van der Waals surface area contributed by atoms with Gasteiger partial charge in [0.1, 0.15) is 0 Å². The van der Waals surface area contributed by atoms with Gasteiger partial charge in [-0.15, -0.1) is 12.3 Å². The smallest absolute Gasteiger partial charge is 0.0101 e. The van der Waals surface area contributed by atoms with Crippen LogP contribution < -0.4 is 5.73 Å². The van der Waals surface area contributed by atoms with Gasteiger partial charge in [-0.25, -0.2) is 0 Å². The average Bonchev–Trinajstić information content (AvgIpc) is 2.43. The summed E-state index contributed by atoms with van der Waals surface area (Å²) in [7, 11) is 0. The quantitative estimate of drug-likeness (QED) is 0.539. The van der Waals surface area contributed by atoms with E-state index in [-0.39, 0.29) is 0 Å². The molecule has 0 aromatic heterocycles. The third-order valence-electron chi connectivity index (χ3n) is 3.27. The fourth-order valence-corrected chi connectivity index (χ4v) is 2.41. The second kappa shape index (κ2) is 6.90. The molecular weight excluding hydrogens is 170 g/mol. The van der Waals surface area contributed by atoms with Crippen LogP contribution in [-0.4, -0.2) is 6.04 Å². The lowest BCUT2D eigenvalue weighted by Gasteiger charge is -2.18. The first kappa shape index (κ1) is 11.6. The molecule has 2 N–H and O–H groups in total. The van der Waals surface area contributed by atoms with Crippen LogP contribution in [0.15, 0.2) is 0 Å². The molecule has 1 saturated carbocycles. The number of terminal acetylenes is 1. The molecule has 1 fully saturated rings. The van der Waals surface area contributed by atoms with Gasteiger partial charge in [-0.2, -0.15) is 0 Å². The van der Waals surface area contributed by atoms with Crippen LogP contribution in [-0.2, 0) is 0 Å². The summed E-state index contributed by atoms with van der Waals surface area (Å²) in [6, 6.07) is 0.342. The van der Waals surface area contributed by atoms with Gasteiger partial charge >= 0.3 is 0 Å². The van der Waals surface area contributed by atoms with Crippen molar-refractivity contribution in [3.63, 3.8) is 0 Å². The Morgan fingerprint density at radius 2 is 1.86 bits per heavy atom. The highest BCUT2D eigenvalue weighted by molar-refractivity contribution is 4.85. The van der Waals surface area contributed by atoms with Crippen molar-refractivity contribution < 1.29 is 0 Å². The van der Waals surface area contributed by atoms with Gasteiger partial charge in [0.15, 0.2) is 0 Å². The molecular formula is C13H23N. The van der Waals surface area contributed by atoms with Crippen molar-refractivity contribution in [3.05, 3.63) is 0 Å². The summed E-state index contributed by atoms with van der Waals surface area (Å²) in [5.41, 5.74) is 6.05. The molecule has 80 valence electrons. The minimum absolute atomic E-state index is 0.342. The van der Waals surface area contributed by atoms with E-state index in [1.165, 1.54) is 44.9 Å². The van der Waals surface area contributed by atoms with Gasteiger partial charge in [0.2, 0.25) is 0 Å². The van der Waals surface area contributed by atoms with Crippen LogP contribution in [0.4, 0.5) is 0 Å². The molecule has 0 saturated heterocycles. The molecule has 0 aliphatic heterocycles. The van der Waals surface area contributed by atoms with E-state index in [0.717, 1.165) is 18.8 Å². The molecule has 0 amide bonds. The molecule has 1 atom stereocenters. The van der Waals surface area contributed by atoms with E-state index in [9.17, 15) is 0 Å². The average molecular weight is 193 g/mol. The van der Waals surface area contributed by atoms with E-state index < -0.39 is 0 Å². The zero-order valence-electron chi connectivity index (χ0n) is 9.17. The molecule has 0 heterocycles. The number of rotatable bonds is 4. The molecule has 1 unspecified atom stereocenters. The predicted molar refractivity (Wildman–Crippen MR) is 61.9 cm³/mol. The fourth-order valence-electron chi connectivity index (χ4n) is 2.41.